The van der Waals surface area contributed by atoms with Gasteiger partial charge in [0.2, 0.25) is 10.3 Å². The smallest absolute Gasteiger partial charge is 0.257 e. The molecular formula is C16H12BrN3OS2. The maximum Gasteiger partial charge on any atom is 0.257 e. The third-order valence-corrected chi connectivity index (χ3v) is 5.14. The Labute approximate surface area is 150 Å². The van der Waals surface area contributed by atoms with Crippen molar-refractivity contribution in [2.24, 2.45) is 0 Å². The van der Waals surface area contributed by atoms with Crippen LogP contribution in [-0.2, 0) is 5.75 Å². The number of hydrogen-bond donors (Lipinski definition) is 1. The van der Waals surface area contributed by atoms with Gasteiger partial charge in [0.15, 0.2) is 0 Å². The summed E-state index contributed by atoms with van der Waals surface area (Å²) >= 11 is 6.08. The Bertz CT molecular complexity index is 791. The Balaban J connectivity index is 1.58. The molecule has 0 aliphatic carbocycles. The molecule has 1 N–H and O–H groups in total. The molecule has 4 nitrogen and oxygen atoms in total. The van der Waals surface area contributed by atoms with E-state index in [1.165, 1.54) is 17.1 Å². The first-order valence-electron chi connectivity index (χ1n) is 6.78. The predicted molar refractivity (Wildman–Crippen MR) is 98.0 cm³/mol. The SMILES string of the molecule is O=C(Nc1nc(SCc2ccccc2)ns1)c1ccc(Br)cc1. The van der Waals surface area contributed by atoms with Gasteiger partial charge >= 0.3 is 0 Å². The number of benzene rings is 2. The van der Waals surface area contributed by atoms with Gasteiger partial charge in [0.1, 0.15) is 0 Å². The molecular weight excluding hydrogens is 394 g/mol. The molecule has 7 heteroatoms. The number of anilines is 1. The molecule has 0 aliphatic heterocycles. The van der Waals surface area contributed by atoms with Crippen LogP contribution < -0.4 is 5.32 Å². The van der Waals surface area contributed by atoms with E-state index in [2.05, 4.69) is 42.7 Å². The number of nitrogens with zero attached hydrogens (tertiary/aromatic N) is 2. The summed E-state index contributed by atoms with van der Waals surface area (Å²) in [6.07, 6.45) is 0. The fourth-order valence-corrected chi connectivity index (χ4v) is 3.57. The van der Waals surface area contributed by atoms with Gasteiger partial charge in [-0.3, -0.25) is 10.1 Å². The lowest BCUT2D eigenvalue weighted by atomic mass is 10.2. The average Bonchev–Trinajstić information content (AvgIpc) is 3.02. The van der Waals surface area contributed by atoms with Gasteiger partial charge < -0.3 is 0 Å². The average molecular weight is 406 g/mol. The maximum absolute atomic E-state index is 12.1. The number of carbonyl (C=O) groups is 1. The van der Waals surface area contributed by atoms with Gasteiger partial charge in [-0.05, 0) is 29.8 Å². The number of halogens is 1. The van der Waals surface area contributed by atoms with Gasteiger partial charge in [0.05, 0.1) is 0 Å². The van der Waals surface area contributed by atoms with Crippen LogP contribution in [0.4, 0.5) is 5.13 Å². The van der Waals surface area contributed by atoms with E-state index in [4.69, 9.17) is 0 Å². The Hall–Kier alpha value is -1.70. The molecule has 3 rings (SSSR count). The molecule has 0 bridgehead atoms. The van der Waals surface area contributed by atoms with Crippen LogP contribution in [0.15, 0.2) is 64.2 Å². The lowest BCUT2D eigenvalue weighted by Crippen LogP contribution is -2.11. The molecule has 0 radical (unpaired) electrons. The second-order valence-corrected chi connectivity index (χ2v) is 7.23. The van der Waals surface area contributed by atoms with Crippen molar-refractivity contribution in [2.75, 3.05) is 5.32 Å². The zero-order valence-electron chi connectivity index (χ0n) is 11.9. The van der Waals surface area contributed by atoms with E-state index < -0.39 is 0 Å². The second-order valence-electron chi connectivity index (χ2n) is 4.62. The minimum Gasteiger partial charge on any atom is -0.297 e. The molecule has 0 saturated carbocycles. The summed E-state index contributed by atoms with van der Waals surface area (Å²) in [6, 6.07) is 17.3. The minimum absolute atomic E-state index is 0.187. The van der Waals surface area contributed by atoms with Crippen LogP contribution in [0, 0.1) is 0 Å². The standard InChI is InChI=1S/C16H12BrN3OS2/c17-13-8-6-12(7-9-13)14(21)18-15-19-16(20-23-15)22-10-11-4-2-1-3-5-11/h1-9H,10H2,(H,18,19,20,21). The molecule has 1 aromatic heterocycles. The minimum atomic E-state index is -0.187. The zero-order chi connectivity index (χ0) is 16.1. The zero-order valence-corrected chi connectivity index (χ0v) is 15.1. The van der Waals surface area contributed by atoms with Crippen molar-refractivity contribution in [2.45, 2.75) is 10.9 Å². The van der Waals surface area contributed by atoms with Crippen LogP contribution in [0.5, 0.6) is 0 Å². The highest BCUT2D eigenvalue weighted by atomic mass is 79.9. The van der Waals surface area contributed by atoms with Gasteiger partial charge in [0.25, 0.3) is 5.91 Å². The Morgan fingerprint density at radius 3 is 2.61 bits per heavy atom. The van der Waals surface area contributed by atoms with Gasteiger partial charge in [-0.1, -0.05) is 58.0 Å². The third kappa shape index (κ3) is 4.63. The summed E-state index contributed by atoms with van der Waals surface area (Å²) in [5.41, 5.74) is 1.80. The van der Waals surface area contributed by atoms with Crippen LogP contribution in [-0.4, -0.2) is 15.3 Å². The van der Waals surface area contributed by atoms with Crippen molar-refractivity contribution in [3.05, 3.63) is 70.2 Å². The van der Waals surface area contributed by atoms with Crippen molar-refractivity contribution in [1.82, 2.24) is 9.36 Å². The predicted octanol–water partition coefficient (Wildman–Crippen LogP) is 4.85. The molecule has 0 fully saturated rings. The van der Waals surface area contributed by atoms with Crippen molar-refractivity contribution in [3.63, 3.8) is 0 Å². The Kier molecular flexibility index (Phi) is 5.43. The molecule has 0 atom stereocenters. The number of amides is 1. The summed E-state index contributed by atoms with van der Waals surface area (Å²) in [6.45, 7) is 0. The van der Waals surface area contributed by atoms with Gasteiger partial charge in [-0.25, -0.2) is 0 Å². The number of rotatable bonds is 5. The van der Waals surface area contributed by atoms with E-state index in [1.54, 1.807) is 23.9 Å². The maximum atomic E-state index is 12.1. The van der Waals surface area contributed by atoms with E-state index in [9.17, 15) is 4.79 Å². The number of hydrogen-bond acceptors (Lipinski definition) is 5. The molecule has 0 saturated heterocycles. The van der Waals surface area contributed by atoms with Gasteiger partial charge in [-0.2, -0.15) is 9.36 Å². The first-order chi connectivity index (χ1) is 11.2. The number of aromatic nitrogens is 2. The molecule has 0 spiro atoms. The summed E-state index contributed by atoms with van der Waals surface area (Å²) in [5.74, 6) is 0.616. The normalized spacial score (nSPS) is 10.5. The molecule has 116 valence electrons. The van der Waals surface area contributed by atoms with E-state index in [0.717, 1.165) is 10.2 Å². The Morgan fingerprint density at radius 2 is 1.87 bits per heavy atom. The first kappa shape index (κ1) is 16.2. The van der Waals surface area contributed by atoms with Crippen LogP contribution in [0.25, 0.3) is 0 Å². The summed E-state index contributed by atoms with van der Waals surface area (Å²) in [7, 11) is 0. The molecule has 0 aliphatic rings. The number of thioether (sulfide) groups is 1. The van der Waals surface area contributed by atoms with Gasteiger partial charge in [-0.15, -0.1) is 0 Å². The van der Waals surface area contributed by atoms with Crippen molar-refractivity contribution in [1.29, 1.82) is 0 Å². The number of nitrogens with one attached hydrogen (secondary N) is 1. The molecule has 2 aromatic carbocycles. The monoisotopic (exact) mass is 405 g/mol. The largest absolute Gasteiger partial charge is 0.297 e. The molecule has 1 amide bonds. The quantitative estimate of drug-likeness (QED) is 0.616. The van der Waals surface area contributed by atoms with E-state index >= 15 is 0 Å². The highest BCUT2D eigenvalue weighted by Crippen LogP contribution is 2.24. The topological polar surface area (TPSA) is 54.9 Å². The van der Waals surface area contributed by atoms with E-state index in [1.807, 2.05) is 30.3 Å². The Morgan fingerprint density at radius 1 is 1.13 bits per heavy atom. The molecule has 23 heavy (non-hydrogen) atoms. The second kappa shape index (κ2) is 7.72. The third-order valence-electron chi connectivity index (χ3n) is 2.95. The molecule has 0 unspecified atom stereocenters. The van der Waals surface area contributed by atoms with Crippen LogP contribution >= 0.6 is 39.2 Å². The van der Waals surface area contributed by atoms with Crippen LogP contribution in [0.2, 0.25) is 0 Å². The molecule has 1 heterocycles. The molecule has 3 aromatic rings. The lowest BCUT2D eigenvalue weighted by Gasteiger charge is -2.01. The summed E-state index contributed by atoms with van der Waals surface area (Å²) in [4.78, 5) is 16.5. The van der Waals surface area contributed by atoms with Crippen LogP contribution in [0.1, 0.15) is 15.9 Å². The van der Waals surface area contributed by atoms with Crippen molar-refractivity contribution < 1.29 is 4.79 Å². The van der Waals surface area contributed by atoms with Crippen molar-refractivity contribution in [3.8, 4) is 0 Å². The lowest BCUT2D eigenvalue weighted by molar-refractivity contribution is 0.102. The summed E-state index contributed by atoms with van der Waals surface area (Å²) < 4.78 is 5.20. The van der Waals surface area contributed by atoms with Gasteiger partial charge in [0, 0.05) is 27.3 Å². The fourth-order valence-electron chi connectivity index (χ4n) is 1.81. The van der Waals surface area contributed by atoms with Crippen LogP contribution in [0.3, 0.4) is 0 Å². The summed E-state index contributed by atoms with van der Waals surface area (Å²) in [5, 5.41) is 3.95. The first-order valence-corrected chi connectivity index (χ1v) is 9.33. The fraction of sp³-hybridized carbons (Fsp3) is 0.0625. The highest BCUT2D eigenvalue weighted by molar-refractivity contribution is 9.10. The van der Waals surface area contributed by atoms with E-state index in [-0.39, 0.29) is 5.91 Å². The number of carbonyl (C=O) groups excluding carboxylic acids is 1. The highest BCUT2D eigenvalue weighted by Gasteiger charge is 2.10. The van der Waals surface area contributed by atoms with E-state index in [0.29, 0.717) is 15.9 Å². The van der Waals surface area contributed by atoms with Crippen molar-refractivity contribution >= 4 is 50.3 Å².